The summed E-state index contributed by atoms with van der Waals surface area (Å²) in [4.78, 5) is 16.8. The molecule has 0 aromatic carbocycles. The van der Waals surface area contributed by atoms with Crippen molar-refractivity contribution in [2.75, 3.05) is 13.2 Å². The summed E-state index contributed by atoms with van der Waals surface area (Å²) in [5.74, 6) is 0. The molecule has 0 heterocycles. The van der Waals surface area contributed by atoms with Gasteiger partial charge in [-0.25, -0.2) is 0 Å². The second-order valence-corrected chi connectivity index (χ2v) is 0.868. The van der Waals surface area contributed by atoms with Crippen molar-refractivity contribution < 1.29 is 50.8 Å². The Morgan fingerprint density at radius 1 is 1.25 bits per heavy atom. The molecule has 2 N–H and O–H groups in total. The van der Waals surface area contributed by atoms with E-state index in [0.29, 0.717) is 0 Å². The fourth-order valence-electron chi connectivity index (χ4n) is 0. The molecule has 0 amide bonds. The smallest absolute Gasteiger partial charge is 1.00 e. The van der Waals surface area contributed by atoms with Crippen LogP contribution in [0.4, 0.5) is 0 Å². The molecule has 0 aliphatic rings. The van der Waals surface area contributed by atoms with Crippen molar-refractivity contribution in [3.8, 4) is 0 Å². The Labute approximate surface area is 97.8 Å². The zero-order valence-corrected chi connectivity index (χ0v) is 10.4. The Bertz CT molecular complexity index is 47.5. The molecular weight excluding hydrogens is 171 g/mol. The molecule has 72 valence electrons. The zero-order valence-electron chi connectivity index (χ0n) is 9.41. The van der Waals surface area contributed by atoms with Crippen LogP contribution in [-0.4, -0.2) is 36.5 Å². The summed E-state index contributed by atoms with van der Waals surface area (Å²) in [6, 6.07) is 0. The SMILES string of the molecule is C=O.CC=O.CCO.CCO.[H-].[Na+]. The minimum absolute atomic E-state index is 0. The molecule has 0 rings (SSSR count). The Kier molecular flexibility index (Phi) is 274. The zero-order chi connectivity index (χ0) is 10.1. The molecule has 5 heteroatoms. The molecule has 0 spiro atoms. The molecule has 0 atom stereocenters. The van der Waals surface area contributed by atoms with Crippen LogP contribution in [0.3, 0.4) is 0 Å². The van der Waals surface area contributed by atoms with Crippen LogP contribution >= 0.6 is 0 Å². The monoisotopic (exact) mass is 190 g/mol. The summed E-state index contributed by atoms with van der Waals surface area (Å²) in [5.41, 5.74) is 0. The van der Waals surface area contributed by atoms with Crippen LogP contribution in [0.15, 0.2) is 0 Å². The maximum Gasteiger partial charge on any atom is 1.00 e. The van der Waals surface area contributed by atoms with Crippen molar-refractivity contribution in [2.45, 2.75) is 20.8 Å². The van der Waals surface area contributed by atoms with E-state index in [9.17, 15) is 0 Å². The number of carbonyl (C=O) groups is 2. The molecule has 0 aliphatic heterocycles. The number of aldehydes is 1. The number of aliphatic hydroxyl groups excluding tert-OH is 2. The first kappa shape index (κ1) is 29.5. The van der Waals surface area contributed by atoms with Gasteiger partial charge in [-0.1, -0.05) is 0 Å². The van der Waals surface area contributed by atoms with Crippen LogP contribution in [0.2, 0.25) is 0 Å². The number of hydrogen-bond acceptors (Lipinski definition) is 4. The van der Waals surface area contributed by atoms with Crippen LogP contribution < -0.4 is 29.6 Å². The molecule has 0 saturated carbocycles. The fourth-order valence-corrected chi connectivity index (χ4v) is 0. The molecule has 12 heavy (non-hydrogen) atoms. The van der Waals surface area contributed by atoms with Crippen LogP contribution in [0.5, 0.6) is 0 Å². The van der Waals surface area contributed by atoms with Gasteiger partial charge in [-0.2, -0.15) is 0 Å². The van der Waals surface area contributed by atoms with E-state index >= 15 is 0 Å². The van der Waals surface area contributed by atoms with Crippen LogP contribution in [0, 0.1) is 0 Å². The van der Waals surface area contributed by atoms with Crippen molar-refractivity contribution in [2.24, 2.45) is 0 Å². The van der Waals surface area contributed by atoms with E-state index in [-0.39, 0.29) is 44.2 Å². The standard InChI is InChI=1S/2C2H6O.C2H4O.CH2O.Na.H/c3*1-2-3;1-2;;/h2*3H,2H2,1H3;2H,1H3;1H2;;/q;;;;+1;-1. The van der Waals surface area contributed by atoms with E-state index in [1.165, 1.54) is 6.92 Å². The molecule has 0 saturated heterocycles. The maximum atomic E-state index is 8.81. The first-order chi connectivity index (χ1) is 5.24. The van der Waals surface area contributed by atoms with E-state index in [2.05, 4.69) is 0 Å². The first-order valence-electron chi connectivity index (χ1n) is 3.15. The molecule has 4 nitrogen and oxygen atoms in total. The van der Waals surface area contributed by atoms with Gasteiger partial charge in [0.1, 0.15) is 13.1 Å². The topological polar surface area (TPSA) is 74.6 Å². The second-order valence-electron chi connectivity index (χ2n) is 0.868. The number of carbonyl (C=O) groups excluding carboxylic acids is 2. The molecule has 0 unspecified atom stereocenters. The molecule has 0 bridgehead atoms. The third-order valence-corrected chi connectivity index (χ3v) is 0. The summed E-state index contributed by atoms with van der Waals surface area (Å²) in [6.07, 6.45) is 0.750. The molecule has 0 radical (unpaired) electrons. The normalized spacial score (nSPS) is 4.42. The van der Waals surface area contributed by atoms with Gasteiger partial charge in [-0.3, -0.25) is 0 Å². The fraction of sp³-hybridized carbons (Fsp3) is 0.714. The van der Waals surface area contributed by atoms with Crippen molar-refractivity contribution >= 4 is 13.1 Å². The maximum absolute atomic E-state index is 8.81. The third kappa shape index (κ3) is 13000. The minimum atomic E-state index is 0. The van der Waals surface area contributed by atoms with E-state index in [0.717, 1.165) is 6.29 Å². The van der Waals surface area contributed by atoms with E-state index in [4.69, 9.17) is 19.8 Å². The van der Waals surface area contributed by atoms with Gasteiger partial charge in [-0.05, 0) is 20.8 Å². The van der Waals surface area contributed by atoms with Gasteiger partial charge in [0, 0.05) is 13.2 Å². The molecule has 0 aromatic rings. The van der Waals surface area contributed by atoms with Gasteiger partial charge in [0.25, 0.3) is 0 Å². The van der Waals surface area contributed by atoms with Crippen molar-refractivity contribution in [3.05, 3.63) is 0 Å². The van der Waals surface area contributed by atoms with Gasteiger partial charge < -0.3 is 21.2 Å². The number of rotatable bonds is 0. The molecule has 0 fully saturated rings. The summed E-state index contributed by atoms with van der Waals surface area (Å²) >= 11 is 0. The van der Waals surface area contributed by atoms with E-state index in [1.54, 1.807) is 13.8 Å². The van der Waals surface area contributed by atoms with Gasteiger partial charge >= 0.3 is 29.6 Å². The van der Waals surface area contributed by atoms with Crippen molar-refractivity contribution in [3.63, 3.8) is 0 Å². The van der Waals surface area contributed by atoms with Crippen LogP contribution in [0.1, 0.15) is 22.2 Å². The average Bonchev–Trinajstić information content (AvgIpc) is 1.96. The summed E-state index contributed by atoms with van der Waals surface area (Å²) < 4.78 is 0. The Morgan fingerprint density at radius 3 is 1.25 bits per heavy atom. The summed E-state index contributed by atoms with van der Waals surface area (Å²) in [7, 11) is 0. The largest absolute Gasteiger partial charge is 1.00 e. The number of aliphatic hydroxyl groups is 2. The summed E-state index contributed by atoms with van der Waals surface area (Å²) in [5, 5.41) is 15.1. The third-order valence-electron chi connectivity index (χ3n) is 0. The van der Waals surface area contributed by atoms with Gasteiger partial charge in [-0.15, -0.1) is 0 Å². The minimum Gasteiger partial charge on any atom is -1.00 e. The van der Waals surface area contributed by atoms with Gasteiger partial charge in [0.15, 0.2) is 0 Å². The predicted octanol–water partition coefficient (Wildman–Crippen LogP) is -2.87. The van der Waals surface area contributed by atoms with E-state index in [1.807, 2.05) is 6.79 Å². The van der Waals surface area contributed by atoms with E-state index < -0.39 is 0 Å². The Balaban J connectivity index is -0.0000000121. The second kappa shape index (κ2) is 112. The van der Waals surface area contributed by atoms with Crippen LogP contribution in [-0.2, 0) is 9.59 Å². The quantitative estimate of drug-likeness (QED) is 0.318. The van der Waals surface area contributed by atoms with Crippen molar-refractivity contribution in [1.29, 1.82) is 0 Å². The Hall–Kier alpha value is 0.260. The van der Waals surface area contributed by atoms with Gasteiger partial charge in [0.2, 0.25) is 0 Å². The number of hydrogen-bond donors (Lipinski definition) is 2. The Morgan fingerprint density at radius 2 is 1.25 bits per heavy atom. The first-order valence-corrected chi connectivity index (χ1v) is 3.15. The summed E-state index contributed by atoms with van der Waals surface area (Å²) in [6.45, 7) is 7.31. The molecule has 0 aromatic heterocycles. The predicted molar refractivity (Wildman–Crippen MR) is 45.5 cm³/mol. The van der Waals surface area contributed by atoms with Crippen molar-refractivity contribution in [1.82, 2.24) is 0 Å². The van der Waals surface area contributed by atoms with Crippen LogP contribution in [0.25, 0.3) is 0 Å². The molecule has 0 aliphatic carbocycles. The average molecular weight is 190 g/mol. The molecular formula is C7H19NaO4. The van der Waals surface area contributed by atoms with Gasteiger partial charge in [0.05, 0.1) is 0 Å².